The highest BCUT2D eigenvalue weighted by molar-refractivity contribution is 7.04. The maximum Gasteiger partial charge on any atom is 0.164 e. The van der Waals surface area contributed by atoms with E-state index in [4.69, 9.17) is 14.4 Å². The van der Waals surface area contributed by atoms with Crippen LogP contribution in [0.15, 0.2) is 156 Å². The lowest BCUT2D eigenvalue weighted by molar-refractivity contribution is 0.673. The molecule has 3 aromatic heterocycles. The lowest BCUT2D eigenvalue weighted by Gasteiger charge is -2.19. The molecule has 0 spiro atoms. The molecule has 10 aromatic rings. The average molecular weight is 670 g/mol. The topological polar surface area (TPSA) is 43.9 Å². The van der Waals surface area contributed by atoms with Crippen LogP contribution < -0.4 is 10.4 Å². The zero-order valence-electron chi connectivity index (χ0n) is 28.2. The first kappa shape index (κ1) is 28.5. The van der Waals surface area contributed by atoms with Crippen LogP contribution in [0.1, 0.15) is 0 Å². The molecule has 5 heteroatoms. The molecular formula is C46H31N3OSi. The van der Waals surface area contributed by atoms with Gasteiger partial charge in [0.25, 0.3) is 0 Å². The molecule has 0 saturated carbocycles. The van der Waals surface area contributed by atoms with E-state index in [9.17, 15) is 0 Å². The van der Waals surface area contributed by atoms with E-state index in [1.807, 2.05) is 0 Å². The van der Waals surface area contributed by atoms with Gasteiger partial charge in [0.2, 0.25) is 0 Å². The summed E-state index contributed by atoms with van der Waals surface area (Å²) in [5.41, 5.74) is 11.6. The molecule has 0 bridgehead atoms. The van der Waals surface area contributed by atoms with E-state index in [1.54, 1.807) is 0 Å². The standard InChI is InChI=1S/C46H31N3OSi/c1-51(2)38-23-12-10-19-33(38)41-39(51)27-25-35-42(41)43(28-14-5-3-6-15-28)48-46(47-35)34-21-13-20-30-31-24-26-37-40(45(31)50-44(30)34)32-18-9-11-22-36(32)49(37)29-16-7-4-8-17-29/h3-27H,1-2H3. The molecule has 51 heavy (non-hydrogen) atoms. The molecule has 0 fully saturated rings. The zero-order chi connectivity index (χ0) is 33.8. The Bertz CT molecular complexity index is 3050. The van der Waals surface area contributed by atoms with Gasteiger partial charge in [0.15, 0.2) is 5.82 Å². The predicted molar refractivity (Wildman–Crippen MR) is 214 cm³/mol. The van der Waals surface area contributed by atoms with Crippen LogP contribution in [0, 0.1) is 0 Å². The average Bonchev–Trinajstić information content (AvgIpc) is 3.80. The first-order valence-electron chi connectivity index (χ1n) is 17.5. The predicted octanol–water partition coefficient (Wildman–Crippen LogP) is 10.8. The van der Waals surface area contributed by atoms with Gasteiger partial charge < -0.3 is 8.98 Å². The summed E-state index contributed by atoms with van der Waals surface area (Å²) < 4.78 is 9.36. The summed E-state index contributed by atoms with van der Waals surface area (Å²) in [5, 5.41) is 8.46. The number of hydrogen-bond acceptors (Lipinski definition) is 3. The highest BCUT2D eigenvalue weighted by atomic mass is 28.3. The van der Waals surface area contributed by atoms with Crippen LogP contribution in [0.4, 0.5) is 0 Å². The number of para-hydroxylation sites is 3. The van der Waals surface area contributed by atoms with Gasteiger partial charge in [-0.15, -0.1) is 0 Å². The number of aromatic nitrogens is 3. The second kappa shape index (κ2) is 10.4. The molecular weight excluding hydrogens is 639 g/mol. The van der Waals surface area contributed by atoms with E-state index in [2.05, 4.69) is 169 Å². The summed E-state index contributed by atoms with van der Waals surface area (Å²) in [4.78, 5) is 10.8. The molecule has 0 N–H and O–H groups in total. The van der Waals surface area contributed by atoms with Crippen molar-refractivity contribution >= 4 is 73.1 Å². The number of benzene rings is 7. The van der Waals surface area contributed by atoms with Crippen molar-refractivity contribution in [2.75, 3.05) is 0 Å². The minimum Gasteiger partial charge on any atom is -0.455 e. The van der Waals surface area contributed by atoms with Gasteiger partial charge in [-0.25, -0.2) is 9.97 Å². The fourth-order valence-corrected chi connectivity index (χ4v) is 11.8. The first-order valence-corrected chi connectivity index (χ1v) is 20.5. The Morgan fingerprint density at radius 1 is 0.510 bits per heavy atom. The Labute approximate surface area is 295 Å². The molecule has 0 unspecified atom stereocenters. The molecule has 0 saturated heterocycles. The summed E-state index contributed by atoms with van der Waals surface area (Å²) in [6.07, 6.45) is 0. The summed E-state index contributed by atoms with van der Waals surface area (Å²) in [6, 6.07) is 54.0. The summed E-state index contributed by atoms with van der Waals surface area (Å²) in [6.45, 7) is 4.91. The van der Waals surface area contributed by atoms with E-state index in [-0.39, 0.29) is 0 Å². The van der Waals surface area contributed by atoms with Crippen LogP contribution in [0.25, 0.3) is 94.1 Å². The Balaban J connectivity index is 1.21. The maximum absolute atomic E-state index is 7.03. The van der Waals surface area contributed by atoms with Crippen molar-refractivity contribution in [1.82, 2.24) is 14.5 Å². The molecule has 4 heterocycles. The van der Waals surface area contributed by atoms with Crippen molar-refractivity contribution in [3.05, 3.63) is 152 Å². The van der Waals surface area contributed by atoms with Crippen LogP contribution in [0.5, 0.6) is 0 Å². The Kier molecular flexibility index (Phi) is 5.79. The highest BCUT2D eigenvalue weighted by Crippen LogP contribution is 2.44. The molecule has 7 aromatic carbocycles. The minimum absolute atomic E-state index is 0.664. The summed E-state index contributed by atoms with van der Waals surface area (Å²) >= 11 is 0. The van der Waals surface area contributed by atoms with Gasteiger partial charge >= 0.3 is 0 Å². The van der Waals surface area contributed by atoms with Crippen LogP contribution in [0.3, 0.4) is 0 Å². The normalized spacial score (nSPS) is 13.5. The molecule has 0 radical (unpaired) electrons. The van der Waals surface area contributed by atoms with Gasteiger partial charge in [-0.05, 0) is 64.0 Å². The third-order valence-electron chi connectivity index (χ3n) is 11.0. The van der Waals surface area contributed by atoms with Crippen molar-refractivity contribution in [3.63, 3.8) is 0 Å². The number of rotatable bonds is 3. The third kappa shape index (κ3) is 3.89. The molecule has 0 aliphatic carbocycles. The number of fused-ring (bicyclic) bond motifs is 12. The molecule has 0 atom stereocenters. The Morgan fingerprint density at radius 2 is 1.22 bits per heavy atom. The van der Waals surface area contributed by atoms with Crippen molar-refractivity contribution in [3.8, 4) is 39.5 Å². The van der Waals surface area contributed by atoms with Gasteiger partial charge in [-0.1, -0.05) is 122 Å². The highest BCUT2D eigenvalue weighted by Gasteiger charge is 2.39. The van der Waals surface area contributed by atoms with Crippen molar-refractivity contribution in [1.29, 1.82) is 0 Å². The summed E-state index contributed by atoms with van der Waals surface area (Å²) in [5.74, 6) is 0.664. The molecule has 1 aliphatic heterocycles. The Morgan fingerprint density at radius 3 is 2.08 bits per heavy atom. The van der Waals surface area contributed by atoms with Gasteiger partial charge in [0.05, 0.1) is 33.2 Å². The van der Waals surface area contributed by atoms with Gasteiger partial charge in [-0.2, -0.15) is 0 Å². The van der Waals surface area contributed by atoms with Crippen LogP contribution in [-0.2, 0) is 0 Å². The van der Waals surface area contributed by atoms with Gasteiger partial charge in [0.1, 0.15) is 19.2 Å². The lowest BCUT2D eigenvalue weighted by atomic mass is 9.96. The van der Waals surface area contributed by atoms with Crippen LogP contribution in [0.2, 0.25) is 13.1 Å². The molecule has 1 aliphatic rings. The SMILES string of the molecule is C[Si]1(C)c2ccccc2-c2c1ccc1nc(-c3cccc4c3oc3c4ccc4c3c3ccccc3n4-c3ccccc3)nc(-c3ccccc3)c21. The molecule has 4 nitrogen and oxygen atoms in total. The van der Waals surface area contributed by atoms with E-state index in [0.717, 1.165) is 77.2 Å². The second-order valence-corrected chi connectivity index (χ2v) is 18.5. The van der Waals surface area contributed by atoms with E-state index in [0.29, 0.717) is 5.82 Å². The van der Waals surface area contributed by atoms with E-state index >= 15 is 0 Å². The second-order valence-electron chi connectivity index (χ2n) is 14.1. The van der Waals surface area contributed by atoms with Crippen molar-refractivity contribution in [2.45, 2.75) is 13.1 Å². The van der Waals surface area contributed by atoms with Crippen molar-refractivity contribution < 1.29 is 4.42 Å². The molecule has 240 valence electrons. The van der Waals surface area contributed by atoms with Gasteiger partial charge in [0, 0.05) is 32.8 Å². The minimum atomic E-state index is -1.89. The Hall–Kier alpha value is -6.30. The molecule has 11 rings (SSSR count). The van der Waals surface area contributed by atoms with E-state index in [1.165, 1.54) is 21.5 Å². The monoisotopic (exact) mass is 669 g/mol. The molecule has 0 amide bonds. The number of hydrogen-bond donors (Lipinski definition) is 0. The van der Waals surface area contributed by atoms with Crippen LogP contribution in [-0.4, -0.2) is 22.6 Å². The smallest absolute Gasteiger partial charge is 0.164 e. The summed E-state index contributed by atoms with van der Waals surface area (Å²) in [7, 11) is -1.89. The van der Waals surface area contributed by atoms with Crippen molar-refractivity contribution in [2.24, 2.45) is 0 Å². The quantitative estimate of drug-likeness (QED) is 0.176. The zero-order valence-corrected chi connectivity index (χ0v) is 29.2. The lowest BCUT2D eigenvalue weighted by Crippen LogP contribution is -2.49. The fourth-order valence-electron chi connectivity index (χ4n) is 8.68. The fraction of sp³-hybridized carbons (Fsp3) is 0.0435. The number of furan rings is 1. The maximum atomic E-state index is 7.03. The third-order valence-corrected chi connectivity index (χ3v) is 14.6. The van der Waals surface area contributed by atoms with Crippen LogP contribution >= 0.6 is 0 Å². The first-order chi connectivity index (χ1) is 25.1. The van der Waals surface area contributed by atoms with E-state index < -0.39 is 8.07 Å². The largest absolute Gasteiger partial charge is 0.455 e. The number of nitrogens with zero attached hydrogens (tertiary/aromatic N) is 3. The van der Waals surface area contributed by atoms with Gasteiger partial charge in [-0.3, -0.25) is 0 Å².